The molecule has 2 saturated heterocycles. The van der Waals surface area contributed by atoms with E-state index in [1.165, 1.54) is 6.26 Å². The molecular weight excluding hydrogens is 258 g/mol. The van der Waals surface area contributed by atoms with E-state index in [4.69, 9.17) is 4.52 Å². The molecule has 2 fully saturated rings. The highest BCUT2D eigenvalue weighted by atomic mass is 16.5. The van der Waals surface area contributed by atoms with Gasteiger partial charge in [0.15, 0.2) is 0 Å². The van der Waals surface area contributed by atoms with E-state index >= 15 is 0 Å². The van der Waals surface area contributed by atoms with Crippen molar-refractivity contribution in [3.05, 3.63) is 18.0 Å². The largest absolute Gasteiger partial charge is 0.364 e. The molecule has 0 bridgehead atoms. The molecule has 0 spiro atoms. The Balaban J connectivity index is 1.86. The molecule has 3 rings (SSSR count). The number of piperidine rings is 1. The Morgan fingerprint density at radius 1 is 1.35 bits per heavy atom. The van der Waals surface area contributed by atoms with Gasteiger partial charge in [0.2, 0.25) is 11.8 Å². The molecule has 2 atom stereocenters. The molecule has 0 radical (unpaired) electrons. The molecule has 2 amide bonds. The van der Waals surface area contributed by atoms with Crippen LogP contribution in [0.25, 0.3) is 0 Å². The Morgan fingerprint density at radius 3 is 2.90 bits per heavy atom. The number of hydrogen-bond acceptors (Lipinski definition) is 4. The summed E-state index contributed by atoms with van der Waals surface area (Å²) in [6.45, 7) is 3.00. The molecular formula is C14H19N3O3. The summed E-state index contributed by atoms with van der Waals surface area (Å²) in [6, 6.07) is 1.09. The highest BCUT2D eigenvalue weighted by Gasteiger charge is 2.45. The first-order chi connectivity index (χ1) is 9.72. The maximum atomic E-state index is 12.7. The van der Waals surface area contributed by atoms with Gasteiger partial charge in [-0.3, -0.25) is 9.59 Å². The fraction of sp³-hybridized carbons (Fsp3) is 0.643. The lowest BCUT2D eigenvalue weighted by Gasteiger charge is -2.46. The third-order valence-electron chi connectivity index (χ3n) is 4.23. The van der Waals surface area contributed by atoms with Gasteiger partial charge < -0.3 is 14.3 Å². The van der Waals surface area contributed by atoms with Gasteiger partial charge in [-0.25, -0.2) is 0 Å². The van der Waals surface area contributed by atoms with Crippen LogP contribution in [0.3, 0.4) is 0 Å². The average molecular weight is 277 g/mol. The lowest BCUT2D eigenvalue weighted by Crippen LogP contribution is -2.65. The zero-order valence-corrected chi connectivity index (χ0v) is 11.6. The van der Waals surface area contributed by atoms with Crippen molar-refractivity contribution < 1.29 is 14.1 Å². The molecule has 0 N–H and O–H groups in total. The third-order valence-corrected chi connectivity index (χ3v) is 4.23. The summed E-state index contributed by atoms with van der Waals surface area (Å²) in [4.78, 5) is 28.7. The Hall–Kier alpha value is -1.85. The molecule has 2 unspecified atom stereocenters. The number of rotatable bonds is 3. The fourth-order valence-corrected chi connectivity index (χ4v) is 3.20. The van der Waals surface area contributed by atoms with Gasteiger partial charge in [0.25, 0.3) is 0 Å². The van der Waals surface area contributed by atoms with Crippen LogP contribution in [-0.4, -0.2) is 45.4 Å². The Bertz CT molecular complexity index is 500. The molecule has 0 saturated carbocycles. The highest BCUT2D eigenvalue weighted by molar-refractivity contribution is 5.97. The number of carbonyl (C=O) groups is 2. The van der Waals surface area contributed by atoms with E-state index in [-0.39, 0.29) is 23.9 Å². The quantitative estimate of drug-likeness (QED) is 0.832. The summed E-state index contributed by atoms with van der Waals surface area (Å²) >= 11 is 0. The minimum atomic E-state index is -0.367. The maximum Gasteiger partial charge on any atom is 0.246 e. The molecule has 6 nitrogen and oxygen atoms in total. The van der Waals surface area contributed by atoms with Gasteiger partial charge in [-0.2, -0.15) is 0 Å². The maximum absolute atomic E-state index is 12.7. The van der Waals surface area contributed by atoms with Gasteiger partial charge in [-0.1, -0.05) is 12.1 Å². The monoisotopic (exact) mass is 277 g/mol. The number of amides is 2. The molecule has 1 aromatic heterocycles. The Morgan fingerprint density at radius 2 is 2.20 bits per heavy atom. The summed E-state index contributed by atoms with van der Waals surface area (Å²) < 4.78 is 4.81. The summed E-state index contributed by atoms with van der Waals surface area (Å²) in [5.74, 6) is 0.138. The third kappa shape index (κ3) is 2.09. The summed E-state index contributed by atoms with van der Waals surface area (Å²) in [5.41, 5.74) is 0.689. The number of piperazine rings is 1. The molecule has 2 aliphatic heterocycles. The van der Waals surface area contributed by atoms with Crippen molar-refractivity contribution >= 4 is 11.8 Å². The predicted octanol–water partition coefficient (Wildman–Crippen LogP) is 1.18. The molecule has 6 heteroatoms. The standard InChI is InChI=1S/C14H19N3O3/c1-2-11-13(18)16-7-4-3-5-12(16)14(19)17(11)9-10-6-8-20-15-10/h6,8,11-12H,2-5,7,9H2,1H3. The smallest absolute Gasteiger partial charge is 0.246 e. The van der Waals surface area contributed by atoms with Crippen LogP contribution in [0.4, 0.5) is 0 Å². The topological polar surface area (TPSA) is 66.7 Å². The van der Waals surface area contributed by atoms with E-state index in [2.05, 4.69) is 5.16 Å². The number of fused-ring (bicyclic) bond motifs is 1. The molecule has 0 aliphatic carbocycles. The van der Waals surface area contributed by atoms with Crippen LogP contribution >= 0.6 is 0 Å². The average Bonchev–Trinajstić information content (AvgIpc) is 2.98. The number of hydrogen-bond donors (Lipinski definition) is 0. The number of aromatic nitrogens is 1. The van der Waals surface area contributed by atoms with Crippen LogP contribution < -0.4 is 0 Å². The normalized spacial score (nSPS) is 26.9. The van der Waals surface area contributed by atoms with Crippen LogP contribution in [0.5, 0.6) is 0 Å². The summed E-state index contributed by atoms with van der Waals surface area (Å²) in [5, 5.41) is 3.85. The van der Waals surface area contributed by atoms with E-state index in [0.29, 0.717) is 25.2 Å². The molecule has 108 valence electrons. The zero-order valence-electron chi connectivity index (χ0n) is 11.6. The molecule has 3 heterocycles. The van der Waals surface area contributed by atoms with Crippen molar-refractivity contribution in [3.63, 3.8) is 0 Å². The second kappa shape index (κ2) is 5.26. The van der Waals surface area contributed by atoms with Crippen molar-refractivity contribution in [1.29, 1.82) is 0 Å². The van der Waals surface area contributed by atoms with E-state index in [0.717, 1.165) is 19.3 Å². The molecule has 0 aromatic carbocycles. The number of nitrogens with zero attached hydrogens (tertiary/aromatic N) is 3. The van der Waals surface area contributed by atoms with Crippen molar-refractivity contribution in [3.8, 4) is 0 Å². The van der Waals surface area contributed by atoms with Crippen LogP contribution in [0.15, 0.2) is 16.9 Å². The van der Waals surface area contributed by atoms with Gasteiger partial charge in [0, 0.05) is 12.6 Å². The SMILES string of the molecule is CCC1C(=O)N2CCCCC2C(=O)N1Cc1ccon1. The molecule has 20 heavy (non-hydrogen) atoms. The van der Waals surface area contributed by atoms with Gasteiger partial charge in [-0.15, -0.1) is 0 Å². The van der Waals surface area contributed by atoms with Crippen molar-refractivity contribution in [2.75, 3.05) is 6.54 Å². The van der Waals surface area contributed by atoms with Gasteiger partial charge in [0.1, 0.15) is 24.0 Å². The van der Waals surface area contributed by atoms with Crippen molar-refractivity contribution in [2.45, 2.75) is 51.2 Å². The van der Waals surface area contributed by atoms with E-state index < -0.39 is 0 Å². The summed E-state index contributed by atoms with van der Waals surface area (Å²) in [7, 11) is 0. The lowest BCUT2D eigenvalue weighted by molar-refractivity contribution is -0.164. The molecule has 1 aromatic rings. The first-order valence-corrected chi connectivity index (χ1v) is 7.22. The van der Waals surface area contributed by atoms with Crippen LogP contribution in [0.2, 0.25) is 0 Å². The van der Waals surface area contributed by atoms with Gasteiger partial charge in [-0.05, 0) is 25.7 Å². The van der Waals surface area contributed by atoms with Crippen molar-refractivity contribution in [1.82, 2.24) is 15.0 Å². The summed E-state index contributed by atoms with van der Waals surface area (Å²) in [6.07, 6.45) is 4.89. The Kier molecular flexibility index (Phi) is 3.46. The molecule has 2 aliphatic rings. The van der Waals surface area contributed by atoms with Crippen molar-refractivity contribution in [2.24, 2.45) is 0 Å². The van der Waals surface area contributed by atoms with E-state index in [9.17, 15) is 9.59 Å². The predicted molar refractivity (Wildman–Crippen MR) is 70.5 cm³/mol. The zero-order chi connectivity index (χ0) is 14.1. The minimum absolute atomic E-state index is 0.0548. The minimum Gasteiger partial charge on any atom is -0.364 e. The second-order valence-corrected chi connectivity index (χ2v) is 5.42. The van der Waals surface area contributed by atoms with Crippen LogP contribution in [0, 0.1) is 0 Å². The number of carbonyl (C=O) groups excluding carboxylic acids is 2. The first kappa shape index (κ1) is 13.1. The Labute approximate surface area is 117 Å². The van der Waals surface area contributed by atoms with E-state index in [1.807, 2.05) is 6.92 Å². The van der Waals surface area contributed by atoms with Crippen LogP contribution in [0.1, 0.15) is 38.3 Å². The first-order valence-electron chi connectivity index (χ1n) is 7.22. The van der Waals surface area contributed by atoms with Gasteiger partial charge >= 0.3 is 0 Å². The van der Waals surface area contributed by atoms with Gasteiger partial charge in [0.05, 0.1) is 6.54 Å². The second-order valence-electron chi connectivity index (χ2n) is 5.42. The highest BCUT2D eigenvalue weighted by Crippen LogP contribution is 2.28. The fourth-order valence-electron chi connectivity index (χ4n) is 3.20. The van der Waals surface area contributed by atoms with E-state index in [1.54, 1.807) is 15.9 Å². The lowest BCUT2D eigenvalue weighted by atomic mass is 9.94. The van der Waals surface area contributed by atoms with Crippen LogP contribution in [-0.2, 0) is 16.1 Å².